The van der Waals surface area contributed by atoms with Crippen LogP contribution in [0.2, 0.25) is 0 Å². The molecule has 0 aliphatic rings. The fourth-order valence-electron chi connectivity index (χ4n) is 0.995. The van der Waals surface area contributed by atoms with Gasteiger partial charge in [-0.1, -0.05) is 0 Å². The van der Waals surface area contributed by atoms with Crippen LogP contribution in [0, 0.1) is 0 Å². The minimum atomic E-state index is -5.90. The maximum atomic E-state index is 12.0. The third-order valence-corrected chi connectivity index (χ3v) is 5.91. The Morgan fingerprint density at radius 2 is 0.500 bits per heavy atom. The Kier molecular flexibility index (Phi) is 17.8. The molecule has 0 unspecified atom stereocenters. The van der Waals surface area contributed by atoms with Crippen molar-refractivity contribution in [2.75, 3.05) is 12.3 Å². The Bertz CT molecular complexity index is 263. The van der Waals surface area contributed by atoms with Crippen LogP contribution in [0.5, 0.6) is 0 Å². The van der Waals surface area contributed by atoms with Gasteiger partial charge >= 0.3 is 23.7 Å². The van der Waals surface area contributed by atoms with Crippen LogP contribution < -0.4 is 0 Å². The van der Waals surface area contributed by atoms with Gasteiger partial charge in [0.25, 0.3) is 0 Å². The summed E-state index contributed by atoms with van der Waals surface area (Å²) in [6.45, 7) is 0. The van der Waals surface area contributed by atoms with Gasteiger partial charge in [0.05, 0.1) is 0 Å². The molecule has 0 spiro atoms. The third-order valence-electron chi connectivity index (χ3n) is 1.77. The minimum Gasteiger partial charge on any atom is -0.167 e. The van der Waals surface area contributed by atoms with Crippen molar-refractivity contribution in [3.05, 3.63) is 0 Å². The van der Waals surface area contributed by atoms with Gasteiger partial charge in [0.2, 0.25) is 0 Å². The van der Waals surface area contributed by atoms with Crippen LogP contribution in [-0.2, 0) is 0 Å². The van der Waals surface area contributed by atoms with Crippen LogP contribution in [-0.4, -0.2) is 36.0 Å². The minimum absolute atomic E-state index is 0. The summed E-state index contributed by atoms with van der Waals surface area (Å²) in [5.41, 5.74) is 0. The molecule has 0 radical (unpaired) electrons. The smallest absolute Gasteiger partial charge is 0.167 e. The molecule has 154 valence electrons. The van der Waals surface area contributed by atoms with Crippen LogP contribution in [0.3, 0.4) is 0 Å². The molecular formula is C6H8Cl4F12P2. The lowest BCUT2D eigenvalue weighted by atomic mass is 11.0. The molecule has 0 heterocycles. The van der Waals surface area contributed by atoms with E-state index in [1.54, 1.807) is 0 Å². The van der Waals surface area contributed by atoms with E-state index in [1.807, 2.05) is 0 Å². The normalized spacial score (nSPS) is 12.8. The highest BCUT2D eigenvalue weighted by molar-refractivity contribution is 7.63. The Morgan fingerprint density at radius 1 is 0.375 bits per heavy atom. The molecule has 0 atom stereocenters. The molecule has 0 N–H and O–H groups in total. The van der Waals surface area contributed by atoms with E-state index in [2.05, 4.69) is 0 Å². The van der Waals surface area contributed by atoms with Crippen molar-refractivity contribution in [3.8, 4) is 0 Å². The zero-order chi connectivity index (χ0) is 16.6. The molecule has 0 aromatic heterocycles. The fourth-order valence-corrected chi connectivity index (χ4v) is 4.18. The van der Waals surface area contributed by atoms with Gasteiger partial charge in [0.1, 0.15) is 15.8 Å². The molecular weight excluding hydrogens is 504 g/mol. The van der Waals surface area contributed by atoms with Gasteiger partial charge in [0, 0.05) is 0 Å². The van der Waals surface area contributed by atoms with Crippen molar-refractivity contribution in [2.24, 2.45) is 0 Å². The van der Waals surface area contributed by atoms with E-state index in [9.17, 15) is 52.7 Å². The lowest BCUT2D eigenvalue weighted by Crippen LogP contribution is -2.25. The van der Waals surface area contributed by atoms with Gasteiger partial charge in [-0.25, -0.2) is 0 Å². The summed E-state index contributed by atoms with van der Waals surface area (Å²) in [5.74, 6) is -23.6. The maximum absolute atomic E-state index is 12.0. The highest BCUT2D eigenvalue weighted by Gasteiger charge is 2.60. The molecule has 18 heteroatoms. The Balaban J connectivity index is -0.000000301. The summed E-state index contributed by atoms with van der Waals surface area (Å²) < 4.78 is 144. The number of alkyl halides is 12. The van der Waals surface area contributed by atoms with E-state index in [4.69, 9.17) is 0 Å². The molecule has 0 saturated heterocycles. The van der Waals surface area contributed by atoms with E-state index in [0.717, 1.165) is 0 Å². The fraction of sp³-hybridized carbons (Fsp3) is 1.00. The molecule has 0 aliphatic carbocycles. The predicted molar refractivity (Wildman–Crippen MR) is 76.8 cm³/mol. The largest absolute Gasteiger partial charge is 0.413 e. The van der Waals surface area contributed by atoms with Crippen LogP contribution in [0.4, 0.5) is 52.7 Å². The molecule has 0 amide bonds. The third kappa shape index (κ3) is 12.5. The van der Waals surface area contributed by atoms with E-state index < -0.39 is 51.8 Å². The average molecular weight is 512 g/mol. The van der Waals surface area contributed by atoms with Crippen molar-refractivity contribution < 1.29 is 52.7 Å². The van der Waals surface area contributed by atoms with Crippen molar-refractivity contribution in [1.29, 1.82) is 0 Å². The molecule has 0 aromatic rings. The summed E-state index contributed by atoms with van der Waals surface area (Å²) in [7, 11) is -9.91. The van der Waals surface area contributed by atoms with E-state index in [0.29, 0.717) is 0 Å². The second kappa shape index (κ2) is 11.8. The van der Waals surface area contributed by atoms with Crippen molar-refractivity contribution in [2.45, 2.75) is 23.7 Å². The molecule has 0 aliphatic heterocycles. The average Bonchev–Trinajstić information content (AvgIpc) is 2.02. The highest BCUT2D eigenvalue weighted by Crippen LogP contribution is 2.69. The molecule has 0 nitrogen and oxygen atoms in total. The first-order valence-electron chi connectivity index (χ1n) is 4.29. The zero-order valence-corrected chi connectivity index (χ0v) is 15.5. The molecule has 0 rings (SSSR count). The summed E-state index contributed by atoms with van der Waals surface area (Å²) in [6.07, 6.45) is -4.51. The molecule has 24 heavy (non-hydrogen) atoms. The van der Waals surface area contributed by atoms with Crippen LogP contribution >= 0.6 is 65.5 Å². The topological polar surface area (TPSA) is 0 Å². The standard InChI is InChI=1S/C6H4F12P2.4ClH/c7-3(8,9)19(4(10,11)12)1-2-20(5(13,14)15)6(16,17)18;;;;/h1-2H2;4*1H. The van der Waals surface area contributed by atoms with Crippen molar-refractivity contribution in [1.82, 2.24) is 0 Å². The number of halogens is 16. The Morgan fingerprint density at radius 3 is 0.583 bits per heavy atom. The molecule has 0 bridgehead atoms. The van der Waals surface area contributed by atoms with Crippen LogP contribution in [0.25, 0.3) is 0 Å². The molecule has 0 saturated carbocycles. The lowest BCUT2D eigenvalue weighted by molar-refractivity contribution is -0.0868. The molecule has 0 aromatic carbocycles. The first-order chi connectivity index (χ1) is 8.47. The van der Waals surface area contributed by atoms with Crippen molar-refractivity contribution in [3.63, 3.8) is 0 Å². The van der Waals surface area contributed by atoms with Crippen LogP contribution in [0.15, 0.2) is 0 Å². The highest BCUT2D eigenvalue weighted by atomic mass is 35.5. The first kappa shape index (κ1) is 36.2. The van der Waals surface area contributed by atoms with Gasteiger partial charge < -0.3 is 0 Å². The second-order valence-corrected chi connectivity index (χ2v) is 7.81. The summed E-state index contributed by atoms with van der Waals surface area (Å²) in [5, 5.41) is 0. The monoisotopic (exact) mass is 510 g/mol. The van der Waals surface area contributed by atoms with E-state index in [-0.39, 0.29) is 49.6 Å². The second-order valence-electron chi connectivity index (χ2n) is 3.17. The maximum Gasteiger partial charge on any atom is 0.413 e. The number of hydrogen-bond donors (Lipinski definition) is 0. The number of rotatable bonds is 3. The molecule has 0 fully saturated rings. The first-order valence-corrected chi connectivity index (χ1v) is 7.35. The van der Waals surface area contributed by atoms with E-state index >= 15 is 0 Å². The quantitative estimate of drug-likeness (QED) is 0.269. The van der Waals surface area contributed by atoms with E-state index in [1.165, 1.54) is 0 Å². The summed E-state index contributed by atoms with van der Waals surface area (Å²) >= 11 is 0. The zero-order valence-electron chi connectivity index (χ0n) is 10.5. The Labute approximate surface area is 154 Å². The lowest BCUT2D eigenvalue weighted by Gasteiger charge is -2.27. The summed E-state index contributed by atoms with van der Waals surface area (Å²) in [6, 6.07) is 0. The van der Waals surface area contributed by atoms with Gasteiger partial charge in [-0.2, -0.15) is 52.7 Å². The predicted octanol–water partition coefficient (Wildman–Crippen LogP) is 7.72. The van der Waals surface area contributed by atoms with Crippen LogP contribution in [0.1, 0.15) is 0 Å². The number of hydrogen-bond acceptors (Lipinski definition) is 0. The van der Waals surface area contributed by atoms with Gasteiger partial charge in [-0.05, 0) is 12.3 Å². The van der Waals surface area contributed by atoms with Gasteiger partial charge in [0.15, 0.2) is 0 Å². The SMILES string of the molecule is Cl.Cl.Cl.Cl.FC(F)(F)P(CCP(C(F)(F)F)C(F)(F)F)C(F)(F)F. The van der Waals surface area contributed by atoms with Crippen molar-refractivity contribution >= 4 is 65.5 Å². The Hall–Kier alpha value is 1.18. The summed E-state index contributed by atoms with van der Waals surface area (Å²) in [4.78, 5) is 0. The van der Waals surface area contributed by atoms with Gasteiger partial charge in [-0.3, -0.25) is 0 Å². The van der Waals surface area contributed by atoms with Gasteiger partial charge in [-0.15, -0.1) is 49.6 Å².